The highest BCUT2D eigenvalue weighted by Gasteiger charge is 2.25. The lowest BCUT2D eigenvalue weighted by molar-refractivity contribution is 0.413. The minimum absolute atomic E-state index is 0.248. The van der Waals surface area contributed by atoms with Crippen molar-refractivity contribution in [2.24, 2.45) is 7.05 Å². The zero-order chi connectivity index (χ0) is 25.7. The third kappa shape index (κ3) is 4.02. The first-order chi connectivity index (χ1) is 17.8. The van der Waals surface area contributed by atoms with Crippen molar-refractivity contribution in [3.8, 4) is 39.3 Å². The third-order valence-electron chi connectivity index (χ3n) is 6.27. The second kappa shape index (κ2) is 8.37. The fourth-order valence-corrected chi connectivity index (χ4v) is 4.60. The van der Waals surface area contributed by atoms with Crippen molar-refractivity contribution in [2.45, 2.75) is 26.3 Å². The summed E-state index contributed by atoms with van der Waals surface area (Å²) in [7, 11) is 1.91. The fourth-order valence-electron chi connectivity index (χ4n) is 4.60. The first kappa shape index (κ1) is 22.6. The highest BCUT2D eigenvalue weighted by molar-refractivity contribution is 5.88. The molecule has 0 aliphatic rings. The van der Waals surface area contributed by atoms with Gasteiger partial charge in [-0.25, -0.2) is 24.6 Å². The second-order valence-corrected chi connectivity index (χ2v) is 9.95. The summed E-state index contributed by atoms with van der Waals surface area (Å²) < 4.78 is 5.84. The average Bonchev–Trinajstić information content (AvgIpc) is 3.63. The molecule has 2 aromatic carbocycles. The van der Waals surface area contributed by atoms with Crippen LogP contribution in [0.4, 0.5) is 5.95 Å². The predicted molar refractivity (Wildman–Crippen MR) is 143 cm³/mol. The van der Waals surface area contributed by atoms with E-state index >= 15 is 0 Å². The standard InChI is InChI=1S/C27H26N10/c1-27(2,3)37-24-8-6-18(19-11-30-26(28)31-12-19)10-22(24)34-25(37)21-9-17(20-13-32-35(4)14-20)5-7-23(21)36-16-29-15-33-36/h5-16H,1-4H3,(H2,28,30,31). The molecule has 0 aliphatic heterocycles. The van der Waals surface area contributed by atoms with E-state index in [-0.39, 0.29) is 11.5 Å². The normalized spacial score (nSPS) is 11.9. The van der Waals surface area contributed by atoms with Crippen LogP contribution in [0.3, 0.4) is 0 Å². The molecule has 6 aromatic rings. The van der Waals surface area contributed by atoms with Crippen molar-refractivity contribution < 1.29 is 0 Å². The van der Waals surface area contributed by atoms with Gasteiger partial charge < -0.3 is 10.3 Å². The number of fused-ring (bicyclic) bond motifs is 1. The van der Waals surface area contributed by atoms with Gasteiger partial charge in [-0.15, -0.1) is 0 Å². The Balaban J connectivity index is 1.61. The highest BCUT2D eigenvalue weighted by atomic mass is 15.3. The molecule has 0 fully saturated rings. The van der Waals surface area contributed by atoms with E-state index in [9.17, 15) is 0 Å². The van der Waals surface area contributed by atoms with Crippen molar-refractivity contribution in [2.75, 3.05) is 5.73 Å². The van der Waals surface area contributed by atoms with Crippen LogP contribution in [0.25, 0.3) is 50.4 Å². The van der Waals surface area contributed by atoms with Crippen LogP contribution in [0.15, 0.2) is 73.8 Å². The molecule has 2 N–H and O–H groups in total. The molecule has 10 heteroatoms. The van der Waals surface area contributed by atoms with E-state index in [0.29, 0.717) is 0 Å². The summed E-state index contributed by atoms with van der Waals surface area (Å²) in [4.78, 5) is 17.6. The Bertz CT molecular complexity index is 1720. The Morgan fingerprint density at radius 2 is 1.59 bits per heavy atom. The lowest BCUT2D eigenvalue weighted by Crippen LogP contribution is -2.23. The molecule has 184 valence electrons. The van der Waals surface area contributed by atoms with Crippen molar-refractivity contribution in [3.05, 3.63) is 73.8 Å². The molecular weight excluding hydrogens is 464 g/mol. The molecule has 0 amide bonds. The van der Waals surface area contributed by atoms with E-state index in [2.05, 4.69) is 86.9 Å². The molecule has 37 heavy (non-hydrogen) atoms. The van der Waals surface area contributed by atoms with Crippen LogP contribution in [0.2, 0.25) is 0 Å². The lowest BCUT2D eigenvalue weighted by atomic mass is 10.0. The molecule has 0 saturated heterocycles. The van der Waals surface area contributed by atoms with E-state index < -0.39 is 0 Å². The number of hydrogen-bond donors (Lipinski definition) is 1. The first-order valence-electron chi connectivity index (χ1n) is 11.9. The summed E-state index contributed by atoms with van der Waals surface area (Å²) in [5.74, 6) is 1.09. The highest BCUT2D eigenvalue weighted by Crippen LogP contribution is 2.37. The van der Waals surface area contributed by atoms with Crippen molar-refractivity contribution in [3.63, 3.8) is 0 Å². The quantitative estimate of drug-likeness (QED) is 0.387. The Kier molecular flexibility index (Phi) is 5.11. The molecule has 0 aliphatic carbocycles. The SMILES string of the molecule is Cn1cc(-c2ccc(-n3cncn3)c(-c3nc4cc(-c5cnc(N)nc5)ccc4n3C(C)(C)C)c2)cn1. The number of anilines is 1. The molecule has 0 saturated carbocycles. The van der Waals surface area contributed by atoms with Gasteiger partial charge in [-0.05, 0) is 56.2 Å². The number of nitrogen functional groups attached to an aromatic ring is 1. The summed E-state index contributed by atoms with van der Waals surface area (Å²) in [5, 5.41) is 8.77. The van der Waals surface area contributed by atoms with Gasteiger partial charge in [-0.2, -0.15) is 10.2 Å². The molecule has 0 bridgehead atoms. The molecule has 6 rings (SSSR count). The smallest absolute Gasteiger partial charge is 0.219 e. The Labute approximate surface area is 213 Å². The summed E-state index contributed by atoms with van der Waals surface area (Å²) in [6, 6.07) is 12.5. The predicted octanol–water partition coefficient (Wildman–Crippen LogP) is 4.48. The topological polar surface area (TPSA) is 118 Å². The van der Waals surface area contributed by atoms with E-state index in [4.69, 9.17) is 10.7 Å². The summed E-state index contributed by atoms with van der Waals surface area (Å²) in [6.45, 7) is 6.54. The van der Waals surface area contributed by atoms with E-state index in [1.54, 1.807) is 28.1 Å². The number of rotatable bonds is 4. The van der Waals surface area contributed by atoms with Crippen molar-refractivity contribution in [1.82, 2.24) is 44.1 Å². The minimum Gasteiger partial charge on any atom is -0.368 e. The number of nitrogens with zero attached hydrogens (tertiary/aromatic N) is 9. The van der Waals surface area contributed by atoms with Crippen LogP contribution in [-0.4, -0.2) is 44.1 Å². The molecular formula is C27H26N10. The maximum atomic E-state index is 5.69. The van der Waals surface area contributed by atoms with Gasteiger partial charge in [0, 0.05) is 47.9 Å². The van der Waals surface area contributed by atoms with Gasteiger partial charge in [0.1, 0.15) is 18.5 Å². The van der Waals surface area contributed by atoms with Gasteiger partial charge in [0.05, 0.1) is 22.9 Å². The average molecular weight is 491 g/mol. The number of hydrogen-bond acceptors (Lipinski definition) is 7. The number of benzene rings is 2. The minimum atomic E-state index is -0.250. The van der Waals surface area contributed by atoms with Crippen LogP contribution >= 0.6 is 0 Å². The third-order valence-corrected chi connectivity index (χ3v) is 6.27. The van der Waals surface area contributed by atoms with Gasteiger partial charge >= 0.3 is 0 Å². The molecule has 0 radical (unpaired) electrons. The maximum absolute atomic E-state index is 5.69. The number of aromatic nitrogens is 9. The monoisotopic (exact) mass is 490 g/mol. The van der Waals surface area contributed by atoms with Gasteiger partial charge in [0.25, 0.3) is 0 Å². The van der Waals surface area contributed by atoms with Gasteiger partial charge in [-0.3, -0.25) is 4.68 Å². The molecule has 4 aromatic heterocycles. The van der Waals surface area contributed by atoms with E-state index in [0.717, 1.165) is 50.4 Å². The van der Waals surface area contributed by atoms with Gasteiger partial charge in [0.2, 0.25) is 5.95 Å². The lowest BCUT2D eigenvalue weighted by Gasteiger charge is -2.25. The largest absolute Gasteiger partial charge is 0.368 e. The van der Waals surface area contributed by atoms with Crippen LogP contribution in [-0.2, 0) is 12.6 Å². The fraction of sp³-hybridized carbons (Fsp3) is 0.185. The summed E-state index contributed by atoms with van der Waals surface area (Å²) in [5.41, 5.74) is 13.1. The first-order valence-corrected chi connectivity index (χ1v) is 11.9. The van der Waals surface area contributed by atoms with Gasteiger partial charge in [0.15, 0.2) is 0 Å². The molecule has 4 heterocycles. The van der Waals surface area contributed by atoms with Crippen LogP contribution in [0.5, 0.6) is 0 Å². The number of aryl methyl sites for hydroxylation is 1. The van der Waals surface area contributed by atoms with E-state index in [1.807, 2.05) is 19.4 Å². The summed E-state index contributed by atoms with van der Waals surface area (Å²) >= 11 is 0. The van der Waals surface area contributed by atoms with Gasteiger partial charge in [-0.1, -0.05) is 12.1 Å². The van der Waals surface area contributed by atoms with Crippen molar-refractivity contribution in [1.29, 1.82) is 0 Å². The molecule has 10 nitrogen and oxygen atoms in total. The Morgan fingerprint density at radius 3 is 2.27 bits per heavy atom. The zero-order valence-electron chi connectivity index (χ0n) is 21.0. The van der Waals surface area contributed by atoms with E-state index in [1.165, 1.54) is 6.33 Å². The molecule has 0 unspecified atom stereocenters. The summed E-state index contributed by atoms with van der Waals surface area (Å²) in [6.07, 6.45) is 10.6. The second-order valence-electron chi connectivity index (χ2n) is 9.95. The Morgan fingerprint density at radius 1 is 0.838 bits per heavy atom. The molecule has 0 spiro atoms. The van der Waals surface area contributed by atoms with Crippen molar-refractivity contribution >= 4 is 17.0 Å². The van der Waals surface area contributed by atoms with Crippen LogP contribution in [0.1, 0.15) is 20.8 Å². The molecule has 0 atom stereocenters. The number of nitrogens with two attached hydrogens (primary N) is 1. The number of imidazole rings is 1. The van der Waals surface area contributed by atoms with Crippen LogP contribution in [0, 0.1) is 0 Å². The Hall–Kier alpha value is -4.86. The van der Waals surface area contributed by atoms with Crippen LogP contribution < -0.4 is 5.73 Å². The maximum Gasteiger partial charge on any atom is 0.219 e. The zero-order valence-corrected chi connectivity index (χ0v) is 21.0.